The van der Waals surface area contributed by atoms with Gasteiger partial charge in [0, 0.05) is 11.8 Å². The van der Waals surface area contributed by atoms with Gasteiger partial charge in [0.2, 0.25) is 0 Å². The summed E-state index contributed by atoms with van der Waals surface area (Å²) in [7, 11) is 0. The number of carbonyl (C=O) groups is 1. The number of hydrogen-bond acceptors (Lipinski definition) is 3. The molecule has 4 nitrogen and oxygen atoms in total. The third-order valence-corrected chi connectivity index (χ3v) is 1.37. The Morgan fingerprint density at radius 2 is 2.45 bits per heavy atom. The molecule has 1 heterocycles. The Hall–Kier alpha value is -1.45. The van der Waals surface area contributed by atoms with Crippen molar-refractivity contribution in [2.75, 3.05) is 0 Å². The molecule has 0 aliphatic heterocycles. The van der Waals surface area contributed by atoms with E-state index in [1.165, 1.54) is 12.5 Å². The van der Waals surface area contributed by atoms with E-state index in [0.717, 1.165) is 0 Å². The molecule has 0 amide bonds. The van der Waals surface area contributed by atoms with Crippen LogP contribution in [0.1, 0.15) is 23.0 Å². The third kappa shape index (κ3) is 1.52. The number of nitrogens with zero attached hydrogens (tertiary/aromatic N) is 2. The monoisotopic (exact) mass is 152 g/mol. The Morgan fingerprint density at radius 3 is 2.91 bits per heavy atom. The van der Waals surface area contributed by atoms with E-state index in [-0.39, 0.29) is 5.69 Å². The number of hydrogen-bond donors (Lipinski definition) is 1. The van der Waals surface area contributed by atoms with Gasteiger partial charge in [-0.05, 0) is 6.42 Å². The summed E-state index contributed by atoms with van der Waals surface area (Å²) in [6.07, 6.45) is 3.40. The molecule has 1 aromatic heterocycles. The molecule has 0 aliphatic rings. The smallest absolute Gasteiger partial charge is 0.354 e. The Bertz CT molecular complexity index is 273. The molecule has 1 aromatic rings. The molecule has 0 atom stereocenters. The van der Waals surface area contributed by atoms with Gasteiger partial charge in [0.25, 0.3) is 0 Å². The van der Waals surface area contributed by atoms with Crippen LogP contribution in [0.25, 0.3) is 0 Å². The minimum Gasteiger partial charge on any atom is -0.477 e. The van der Waals surface area contributed by atoms with Gasteiger partial charge in [0.1, 0.15) is 6.33 Å². The zero-order chi connectivity index (χ0) is 8.27. The first-order valence-corrected chi connectivity index (χ1v) is 3.28. The quantitative estimate of drug-likeness (QED) is 0.678. The molecule has 58 valence electrons. The summed E-state index contributed by atoms with van der Waals surface area (Å²) in [4.78, 5) is 17.9. The molecule has 0 spiro atoms. The van der Waals surface area contributed by atoms with Crippen LogP contribution in [0.2, 0.25) is 0 Å². The van der Waals surface area contributed by atoms with Gasteiger partial charge < -0.3 is 5.11 Å². The first-order valence-electron chi connectivity index (χ1n) is 3.28. The van der Waals surface area contributed by atoms with E-state index in [1.54, 1.807) is 0 Å². The molecule has 0 bridgehead atoms. The molecule has 4 heteroatoms. The second-order valence-electron chi connectivity index (χ2n) is 2.06. The average molecular weight is 152 g/mol. The van der Waals surface area contributed by atoms with Crippen LogP contribution in [-0.4, -0.2) is 21.0 Å². The molecule has 1 rings (SSSR count). The van der Waals surface area contributed by atoms with Crippen molar-refractivity contribution >= 4 is 5.97 Å². The Labute approximate surface area is 63.9 Å². The number of rotatable bonds is 2. The zero-order valence-electron chi connectivity index (χ0n) is 6.11. The highest BCUT2D eigenvalue weighted by molar-refractivity contribution is 5.86. The van der Waals surface area contributed by atoms with Crippen LogP contribution in [0, 0.1) is 0 Å². The van der Waals surface area contributed by atoms with E-state index < -0.39 is 5.97 Å². The zero-order valence-corrected chi connectivity index (χ0v) is 6.11. The molecule has 0 unspecified atom stereocenters. The van der Waals surface area contributed by atoms with Crippen molar-refractivity contribution in [3.05, 3.63) is 23.8 Å². The van der Waals surface area contributed by atoms with Crippen molar-refractivity contribution in [3.63, 3.8) is 0 Å². The SMILES string of the molecule is CCc1cncnc1C(=O)O. The molecular formula is C7H8N2O2. The van der Waals surface area contributed by atoms with E-state index in [2.05, 4.69) is 9.97 Å². The standard InChI is InChI=1S/C7H8N2O2/c1-2-5-3-8-4-9-6(5)7(10)11/h3-4H,2H2,1H3,(H,10,11). The molecule has 0 aromatic carbocycles. The highest BCUT2D eigenvalue weighted by Crippen LogP contribution is 2.03. The van der Waals surface area contributed by atoms with Crippen molar-refractivity contribution in [2.24, 2.45) is 0 Å². The number of aromatic nitrogens is 2. The van der Waals surface area contributed by atoms with Crippen molar-refractivity contribution in [1.82, 2.24) is 9.97 Å². The van der Waals surface area contributed by atoms with Crippen molar-refractivity contribution in [1.29, 1.82) is 0 Å². The average Bonchev–Trinajstić information content (AvgIpc) is 2.04. The highest BCUT2D eigenvalue weighted by atomic mass is 16.4. The summed E-state index contributed by atoms with van der Waals surface area (Å²) < 4.78 is 0. The van der Waals surface area contributed by atoms with Crippen LogP contribution in [0.15, 0.2) is 12.5 Å². The van der Waals surface area contributed by atoms with Gasteiger partial charge in [-0.15, -0.1) is 0 Å². The minimum atomic E-state index is -0.996. The van der Waals surface area contributed by atoms with Gasteiger partial charge in [-0.1, -0.05) is 6.92 Å². The maximum Gasteiger partial charge on any atom is 0.354 e. The summed E-state index contributed by atoms with van der Waals surface area (Å²) in [5, 5.41) is 8.61. The molecule has 0 saturated heterocycles. The Kier molecular flexibility index (Phi) is 2.15. The fraction of sp³-hybridized carbons (Fsp3) is 0.286. The normalized spacial score (nSPS) is 9.55. The molecule has 0 saturated carbocycles. The van der Waals surface area contributed by atoms with E-state index in [0.29, 0.717) is 12.0 Å². The van der Waals surface area contributed by atoms with E-state index in [9.17, 15) is 4.79 Å². The first-order chi connectivity index (χ1) is 5.25. The van der Waals surface area contributed by atoms with Crippen LogP contribution >= 0.6 is 0 Å². The van der Waals surface area contributed by atoms with Crippen LogP contribution in [0.5, 0.6) is 0 Å². The summed E-state index contributed by atoms with van der Waals surface area (Å²) in [6.45, 7) is 1.87. The Balaban J connectivity index is 3.12. The Morgan fingerprint density at radius 1 is 1.73 bits per heavy atom. The lowest BCUT2D eigenvalue weighted by atomic mass is 10.2. The maximum atomic E-state index is 10.5. The summed E-state index contributed by atoms with van der Waals surface area (Å²) >= 11 is 0. The van der Waals surface area contributed by atoms with E-state index in [1.807, 2.05) is 6.92 Å². The predicted octanol–water partition coefficient (Wildman–Crippen LogP) is 0.737. The van der Waals surface area contributed by atoms with E-state index >= 15 is 0 Å². The summed E-state index contributed by atoms with van der Waals surface area (Å²) in [6, 6.07) is 0. The van der Waals surface area contributed by atoms with Crippen molar-refractivity contribution < 1.29 is 9.90 Å². The molecule has 0 aliphatic carbocycles. The largest absolute Gasteiger partial charge is 0.477 e. The second-order valence-corrected chi connectivity index (χ2v) is 2.06. The molecular weight excluding hydrogens is 144 g/mol. The van der Waals surface area contributed by atoms with Gasteiger partial charge in [0.05, 0.1) is 0 Å². The first kappa shape index (κ1) is 7.65. The third-order valence-electron chi connectivity index (χ3n) is 1.37. The number of aryl methyl sites for hydroxylation is 1. The fourth-order valence-electron chi connectivity index (χ4n) is 0.810. The van der Waals surface area contributed by atoms with Gasteiger partial charge in [0.15, 0.2) is 5.69 Å². The molecule has 0 fully saturated rings. The van der Waals surface area contributed by atoms with Crippen LogP contribution < -0.4 is 0 Å². The molecule has 11 heavy (non-hydrogen) atoms. The van der Waals surface area contributed by atoms with E-state index in [4.69, 9.17) is 5.11 Å². The van der Waals surface area contributed by atoms with Gasteiger partial charge >= 0.3 is 5.97 Å². The maximum absolute atomic E-state index is 10.5. The lowest BCUT2D eigenvalue weighted by Crippen LogP contribution is -2.05. The minimum absolute atomic E-state index is 0.0995. The van der Waals surface area contributed by atoms with Crippen LogP contribution in [0.4, 0.5) is 0 Å². The molecule has 0 radical (unpaired) electrons. The van der Waals surface area contributed by atoms with Gasteiger partial charge in [-0.3, -0.25) is 0 Å². The number of aromatic carboxylic acids is 1. The van der Waals surface area contributed by atoms with Gasteiger partial charge in [-0.2, -0.15) is 0 Å². The highest BCUT2D eigenvalue weighted by Gasteiger charge is 2.08. The van der Waals surface area contributed by atoms with Gasteiger partial charge in [-0.25, -0.2) is 14.8 Å². The lowest BCUT2D eigenvalue weighted by Gasteiger charge is -1.98. The van der Waals surface area contributed by atoms with Crippen molar-refractivity contribution in [2.45, 2.75) is 13.3 Å². The van der Waals surface area contributed by atoms with Crippen LogP contribution in [-0.2, 0) is 6.42 Å². The summed E-state index contributed by atoms with van der Waals surface area (Å²) in [5.74, 6) is -0.996. The summed E-state index contributed by atoms with van der Waals surface area (Å²) in [5.41, 5.74) is 0.766. The van der Waals surface area contributed by atoms with Crippen LogP contribution in [0.3, 0.4) is 0 Å². The lowest BCUT2D eigenvalue weighted by molar-refractivity contribution is 0.0689. The number of carboxylic acids is 1. The fourth-order valence-corrected chi connectivity index (χ4v) is 0.810. The predicted molar refractivity (Wildman–Crippen MR) is 38.4 cm³/mol. The second kappa shape index (κ2) is 3.09. The molecule has 1 N–H and O–H groups in total. The topological polar surface area (TPSA) is 63.1 Å². The number of carboxylic acid groups (broad SMARTS) is 1. The van der Waals surface area contributed by atoms with Crippen molar-refractivity contribution in [3.8, 4) is 0 Å².